The van der Waals surface area contributed by atoms with Gasteiger partial charge in [0.1, 0.15) is 0 Å². The van der Waals surface area contributed by atoms with Gasteiger partial charge in [0.25, 0.3) is 5.91 Å². The normalized spacial score (nSPS) is 11.6. The Kier molecular flexibility index (Phi) is 6.18. The molecular weight excluding hydrogens is 314 g/mol. The van der Waals surface area contributed by atoms with Crippen LogP contribution >= 0.6 is 11.6 Å². The van der Waals surface area contributed by atoms with E-state index >= 15 is 0 Å². The summed E-state index contributed by atoms with van der Waals surface area (Å²) < 4.78 is 4.97. The summed E-state index contributed by atoms with van der Waals surface area (Å²) in [5, 5.41) is 3.05. The first-order chi connectivity index (χ1) is 11.1. The first-order valence-electron chi connectivity index (χ1n) is 7.31. The molecule has 1 atom stereocenters. The molecule has 0 aliphatic rings. The number of amides is 1. The quantitative estimate of drug-likeness (QED) is 0.825. The zero-order chi connectivity index (χ0) is 16.7. The molecule has 0 heterocycles. The highest BCUT2D eigenvalue weighted by Crippen LogP contribution is 2.16. The van der Waals surface area contributed by atoms with Crippen molar-refractivity contribution in [1.29, 1.82) is 0 Å². The average Bonchev–Trinajstić information content (AvgIpc) is 2.58. The van der Waals surface area contributed by atoms with Crippen LogP contribution < -0.4 is 5.32 Å². The highest BCUT2D eigenvalue weighted by Gasteiger charge is 2.13. The average molecular weight is 332 g/mol. The first kappa shape index (κ1) is 17.0. The summed E-state index contributed by atoms with van der Waals surface area (Å²) in [5.74, 6) is -0.769. The monoisotopic (exact) mass is 331 g/mol. The number of ether oxygens (including phenoxy) is 1. The molecule has 0 saturated carbocycles. The smallest absolute Gasteiger partial charge is 0.340 e. The predicted molar refractivity (Wildman–Crippen MR) is 89.6 cm³/mol. The molecule has 2 aromatic rings. The van der Waals surface area contributed by atoms with E-state index in [9.17, 15) is 9.59 Å². The Hall–Kier alpha value is -2.33. The van der Waals surface area contributed by atoms with Crippen molar-refractivity contribution in [3.8, 4) is 0 Å². The molecule has 5 heteroatoms. The molecule has 0 unspecified atom stereocenters. The van der Waals surface area contributed by atoms with Gasteiger partial charge in [-0.05, 0) is 23.6 Å². The minimum absolute atomic E-state index is 0.180. The van der Waals surface area contributed by atoms with Gasteiger partial charge in [0, 0.05) is 6.54 Å². The largest absolute Gasteiger partial charge is 0.452 e. The second-order valence-electron chi connectivity index (χ2n) is 5.17. The van der Waals surface area contributed by atoms with E-state index < -0.39 is 5.97 Å². The van der Waals surface area contributed by atoms with Crippen molar-refractivity contribution in [1.82, 2.24) is 5.32 Å². The van der Waals surface area contributed by atoms with Crippen LogP contribution in [0.25, 0.3) is 0 Å². The lowest BCUT2D eigenvalue weighted by atomic mass is 10.0. The fourth-order valence-corrected chi connectivity index (χ4v) is 2.27. The Labute approximate surface area is 140 Å². The number of nitrogens with one attached hydrogen (secondary N) is 1. The van der Waals surface area contributed by atoms with Gasteiger partial charge in [-0.15, -0.1) is 0 Å². The van der Waals surface area contributed by atoms with Gasteiger partial charge in [-0.3, -0.25) is 4.79 Å². The minimum atomic E-state index is -0.609. The standard InChI is InChI=1S/C18H18ClNO3/c1-13(14-7-3-2-4-8-14)11-20-17(21)12-23-18(22)15-9-5-6-10-16(15)19/h2-10,13H,11-12H2,1H3,(H,20,21)/t13-/m0/s1. The van der Waals surface area contributed by atoms with Crippen molar-refractivity contribution in [2.75, 3.05) is 13.2 Å². The number of hydrogen-bond donors (Lipinski definition) is 1. The topological polar surface area (TPSA) is 55.4 Å². The van der Waals surface area contributed by atoms with Gasteiger partial charge in [0.05, 0.1) is 10.6 Å². The van der Waals surface area contributed by atoms with Gasteiger partial charge in [0.15, 0.2) is 6.61 Å². The van der Waals surface area contributed by atoms with Gasteiger partial charge < -0.3 is 10.1 Å². The lowest BCUT2D eigenvalue weighted by Gasteiger charge is -2.13. The molecule has 23 heavy (non-hydrogen) atoms. The summed E-state index contributed by atoms with van der Waals surface area (Å²) in [4.78, 5) is 23.6. The molecule has 0 spiro atoms. The van der Waals surface area contributed by atoms with E-state index in [0.29, 0.717) is 11.6 Å². The molecule has 0 saturated heterocycles. The second-order valence-corrected chi connectivity index (χ2v) is 5.58. The molecule has 0 aliphatic heterocycles. The number of carbonyl (C=O) groups excluding carboxylic acids is 2. The number of esters is 1. The fraction of sp³-hybridized carbons (Fsp3) is 0.222. The van der Waals surface area contributed by atoms with E-state index in [2.05, 4.69) is 5.32 Å². The summed E-state index contributed by atoms with van der Waals surface area (Å²) in [7, 11) is 0. The van der Waals surface area contributed by atoms with Crippen molar-refractivity contribution >= 4 is 23.5 Å². The summed E-state index contributed by atoms with van der Waals surface area (Å²) in [6.07, 6.45) is 0. The fourth-order valence-electron chi connectivity index (χ4n) is 2.05. The summed E-state index contributed by atoms with van der Waals surface area (Å²) in [5.41, 5.74) is 1.39. The van der Waals surface area contributed by atoms with Crippen molar-refractivity contribution in [3.05, 3.63) is 70.7 Å². The van der Waals surface area contributed by atoms with Gasteiger partial charge in [-0.1, -0.05) is 61.0 Å². The van der Waals surface area contributed by atoms with Crippen molar-refractivity contribution < 1.29 is 14.3 Å². The number of rotatable bonds is 6. The summed E-state index contributed by atoms with van der Waals surface area (Å²) >= 11 is 5.90. The Bertz CT molecular complexity index is 673. The number of benzene rings is 2. The third-order valence-corrected chi connectivity index (χ3v) is 3.73. The maximum absolute atomic E-state index is 11.8. The van der Waals surface area contributed by atoms with Crippen LogP contribution in [0.3, 0.4) is 0 Å². The SMILES string of the molecule is C[C@@H](CNC(=O)COC(=O)c1ccccc1Cl)c1ccccc1. The summed E-state index contributed by atoms with van der Waals surface area (Å²) in [6.45, 7) is 2.17. The molecule has 0 aliphatic carbocycles. The molecule has 120 valence electrons. The number of hydrogen-bond acceptors (Lipinski definition) is 3. The van der Waals surface area contributed by atoms with Gasteiger partial charge >= 0.3 is 5.97 Å². The van der Waals surface area contributed by atoms with Gasteiger partial charge in [-0.2, -0.15) is 0 Å². The number of halogens is 1. The van der Waals surface area contributed by atoms with E-state index in [1.807, 2.05) is 37.3 Å². The van der Waals surface area contributed by atoms with Crippen LogP contribution in [-0.4, -0.2) is 25.0 Å². The molecule has 0 aromatic heterocycles. The summed E-state index contributed by atoms with van der Waals surface area (Å²) in [6, 6.07) is 16.4. The van der Waals surface area contributed by atoms with Crippen LogP contribution in [0, 0.1) is 0 Å². The molecule has 0 bridgehead atoms. The number of carbonyl (C=O) groups is 2. The Balaban J connectivity index is 1.77. The third kappa shape index (κ3) is 5.11. The van der Waals surface area contributed by atoms with Crippen LogP contribution in [0.5, 0.6) is 0 Å². The maximum Gasteiger partial charge on any atom is 0.340 e. The first-order valence-corrected chi connectivity index (χ1v) is 7.69. The molecule has 0 radical (unpaired) electrons. The lowest BCUT2D eigenvalue weighted by molar-refractivity contribution is -0.124. The highest BCUT2D eigenvalue weighted by atomic mass is 35.5. The lowest BCUT2D eigenvalue weighted by Crippen LogP contribution is -2.31. The van der Waals surface area contributed by atoms with Gasteiger partial charge in [-0.25, -0.2) is 4.79 Å². The molecule has 1 amide bonds. The Morgan fingerprint density at radius 1 is 1.09 bits per heavy atom. The van der Waals surface area contributed by atoms with Crippen LogP contribution in [0.4, 0.5) is 0 Å². The van der Waals surface area contributed by atoms with Crippen LogP contribution in [-0.2, 0) is 9.53 Å². The molecular formula is C18H18ClNO3. The molecule has 2 rings (SSSR count). The molecule has 4 nitrogen and oxygen atoms in total. The van der Waals surface area contributed by atoms with E-state index in [0.717, 1.165) is 5.56 Å². The minimum Gasteiger partial charge on any atom is -0.452 e. The van der Waals surface area contributed by atoms with Crippen molar-refractivity contribution in [2.45, 2.75) is 12.8 Å². The molecule has 0 fully saturated rings. The second kappa shape index (κ2) is 8.34. The van der Waals surface area contributed by atoms with E-state index in [4.69, 9.17) is 16.3 Å². The zero-order valence-electron chi connectivity index (χ0n) is 12.8. The van der Waals surface area contributed by atoms with Crippen molar-refractivity contribution in [2.24, 2.45) is 0 Å². The highest BCUT2D eigenvalue weighted by molar-refractivity contribution is 6.33. The Morgan fingerprint density at radius 3 is 2.43 bits per heavy atom. The van der Waals surface area contributed by atoms with Crippen LogP contribution in [0.15, 0.2) is 54.6 Å². The molecule has 1 N–H and O–H groups in total. The van der Waals surface area contributed by atoms with Crippen LogP contribution in [0.1, 0.15) is 28.8 Å². The van der Waals surface area contributed by atoms with Gasteiger partial charge in [0.2, 0.25) is 0 Å². The third-order valence-electron chi connectivity index (χ3n) is 3.40. The van der Waals surface area contributed by atoms with E-state index in [-0.39, 0.29) is 24.0 Å². The van der Waals surface area contributed by atoms with E-state index in [1.54, 1.807) is 24.3 Å². The van der Waals surface area contributed by atoms with Crippen molar-refractivity contribution in [3.63, 3.8) is 0 Å². The van der Waals surface area contributed by atoms with Crippen LogP contribution in [0.2, 0.25) is 5.02 Å². The zero-order valence-corrected chi connectivity index (χ0v) is 13.5. The molecule has 2 aromatic carbocycles. The maximum atomic E-state index is 11.8. The predicted octanol–water partition coefficient (Wildman–Crippen LogP) is 3.42. The van der Waals surface area contributed by atoms with E-state index in [1.165, 1.54) is 0 Å². The Morgan fingerprint density at radius 2 is 1.74 bits per heavy atom.